The van der Waals surface area contributed by atoms with Gasteiger partial charge < -0.3 is 4.74 Å². The molecule has 2 rings (SSSR count). The van der Waals surface area contributed by atoms with Gasteiger partial charge in [-0.05, 0) is 26.0 Å². The van der Waals surface area contributed by atoms with Crippen LogP contribution < -0.4 is 0 Å². The van der Waals surface area contributed by atoms with Gasteiger partial charge in [0.25, 0.3) is 5.69 Å². The molecule has 1 heterocycles. The van der Waals surface area contributed by atoms with Crippen LogP contribution in [0.15, 0.2) is 18.2 Å². The lowest BCUT2D eigenvalue weighted by molar-refractivity contribution is -0.385. The molecule has 0 bridgehead atoms. The third kappa shape index (κ3) is 2.77. The Morgan fingerprint density at radius 1 is 1.41 bits per heavy atom. The van der Waals surface area contributed by atoms with Crippen LogP contribution in [0.25, 0.3) is 0 Å². The minimum absolute atomic E-state index is 0.0770. The van der Waals surface area contributed by atoms with Crippen LogP contribution >= 0.6 is 11.6 Å². The first-order chi connectivity index (χ1) is 10.1. The van der Waals surface area contributed by atoms with E-state index < -0.39 is 46.1 Å². The zero-order valence-corrected chi connectivity index (χ0v) is 12.5. The number of benzene rings is 1. The Kier molecular flexibility index (Phi) is 4.12. The fourth-order valence-electron chi connectivity index (χ4n) is 2.18. The highest BCUT2D eigenvalue weighted by Crippen LogP contribution is 2.30. The zero-order chi connectivity index (χ0) is 16.7. The van der Waals surface area contributed by atoms with Crippen LogP contribution in [0.5, 0.6) is 0 Å². The number of hydrogen-bond acceptors (Lipinski definition) is 6. The molecule has 0 aliphatic carbocycles. The van der Waals surface area contributed by atoms with E-state index in [0.29, 0.717) is 0 Å². The van der Waals surface area contributed by atoms with E-state index in [1.807, 2.05) is 0 Å². The number of nitrogens with zero attached hydrogens (tertiary/aromatic N) is 1. The number of ketones is 3. The lowest BCUT2D eigenvalue weighted by Crippen LogP contribution is -2.52. The first-order valence-corrected chi connectivity index (χ1v) is 6.72. The summed E-state index contributed by atoms with van der Waals surface area (Å²) in [5.41, 5.74) is -2.16. The Morgan fingerprint density at radius 3 is 2.64 bits per heavy atom. The first-order valence-electron chi connectivity index (χ1n) is 6.34. The maximum absolute atomic E-state index is 12.5. The molecule has 1 aliphatic heterocycles. The molecule has 0 saturated carbocycles. The molecule has 0 radical (unpaired) electrons. The second-order valence-corrected chi connectivity index (χ2v) is 5.78. The summed E-state index contributed by atoms with van der Waals surface area (Å²) in [5.74, 6) is -3.92. The maximum atomic E-state index is 12.5. The van der Waals surface area contributed by atoms with Gasteiger partial charge in [0.1, 0.15) is 18.1 Å². The van der Waals surface area contributed by atoms with E-state index in [0.717, 1.165) is 12.1 Å². The molecule has 7 nitrogen and oxygen atoms in total. The lowest BCUT2D eigenvalue weighted by Gasteiger charge is -2.32. The highest BCUT2D eigenvalue weighted by atomic mass is 35.5. The molecule has 1 saturated heterocycles. The third-order valence-electron chi connectivity index (χ3n) is 3.44. The van der Waals surface area contributed by atoms with Crippen molar-refractivity contribution in [3.8, 4) is 0 Å². The quantitative estimate of drug-likeness (QED) is 0.364. The molecule has 1 aromatic rings. The summed E-state index contributed by atoms with van der Waals surface area (Å²) in [7, 11) is 0. The van der Waals surface area contributed by atoms with Crippen LogP contribution in [0, 0.1) is 16.0 Å². The number of halogens is 1. The average Bonchev–Trinajstić information content (AvgIpc) is 2.43. The Labute approximate surface area is 130 Å². The second kappa shape index (κ2) is 5.58. The summed E-state index contributed by atoms with van der Waals surface area (Å²) in [6, 6.07) is 3.45. The Morgan fingerprint density at radius 2 is 2.05 bits per heavy atom. The molecule has 0 spiro atoms. The van der Waals surface area contributed by atoms with Crippen LogP contribution in [0.4, 0.5) is 5.69 Å². The van der Waals surface area contributed by atoms with Crippen LogP contribution in [0.2, 0.25) is 5.02 Å². The van der Waals surface area contributed by atoms with Crippen LogP contribution in [0.1, 0.15) is 24.2 Å². The van der Waals surface area contributed by atoms with Gasteiger partial charge in [-0.15, -0.1) is 0 Å². The van der Waals surface area contributed by atoms with E-state index in [1.54, 1.807) is 0 Å². The molecule has 0 aromatic heterocycles. The predicted octanol–water partition coefficient (Wildman–Crippen LogP) is 1.99. The second-order valence-electron chi connectivity index (χ2n) is 5.35. The normalized spacial score (nSPS) is 20.8. The van der Waals surface area contributed by atoms with Gasteiger partial charge in [-0.1, -0.05) is 11.6 Å². The number of Topliss-reactive ketones (excluding diaryl/α,β-unsaturated/α-hetero) is 3. The van der Waals surface area contributed by atoms with Crippen molar-refractivity contribution in [1.29, 1.82) is 0 Å². The molecule has 8 heteroatoms. The van der Waals surface area contributed by atoms with Crippen molar-refractivity contribution in [2.45, 2.75) is 19.4 Å². The van der Waals surface area contributed by atoms with E-state index in [4.69, 9.17) is 16.3 Å². The van der Waals surface area contributed by atoms with Crippen molar-refractivity contribution >= 4 is 34.6 Å². The van der Waals surface area contributed by atoms with Crippen molar-refractivity contribution in [2.75, 3.05) is 6.61 Å². The highest BCUT2D eigenvalue weighted by molar-refractivity contribution is 6.31. The molecule has 1 unspecified atom stereocenters. The van der Waals surface area contributed by atoms with E-state index >= 15 is 0 Å². The number of carbonyl (C=O) groups is 3. The van der Waals surface area contributed by atoms with E-state index in [1.165, 1.54) is 19.9 Å². The summed E-state index contributed by atoms with van der Waals surface area (Å²) in [6.45, 7) is 2.49. The molecule has 1 aliphatic rings. The number of rotatable bonds is 3. The van der Waals surface area contributed by atoms with Gasteiger partial charge in [-0.3, -0.25) is 24.5 Å². The van der Waals surface area contributed by atoms with Crippen molar-refractivity contribution < 1.29 is 24.0 Å². The van der Waals surface area contributed by atoms with E-state index in [9.17, 15) is 24.5 Å². The lowest BCUT2D eigenvalue weighted by atomic mass is 9.81. The molecule has 0 amide bonds. The smallest absolute Gasteiger partial charge is 0.281 e. The van der Waals surface area contributed by atoms with Gasteiger partial charge in [0, 0.05) is 11.1 Å². The maximum Gasteiger partial charge on any atom is 0.281 e. The summed E-state index contributed by atoms with van der Waals surface area (Å²) >= 11 is 5.68. The average molecular weight is 326 g/mol. The van der Waals surface area contributed by atoms with Crippen molar-refractivity contribution in [1.82, 2.24) is 0 Å². The minimum Gasteiger partial charge on any atom is -0.360 e. The number of nitro groups is 1. The monoisotopic (exact) mass is 325 g/mol. The summed E-state index contributed by atoms with van der Waals surface area (Å²) < 4.78 is 5.10. The Bertz CT molecular complexity index is 697. The number of ether oxygens (including phenoxy) is 1. The van der Waals surface area contributed by atoms with Crippen molar-refractivity contribution in [3.05, 3.63) is 38.9 Å². The fourth-order valence-corrected chi connectivity index (χ4v) is 2.35. The number of carbonyl (C=O) groups excluding carboxylic acids is 3. The topological polar surface area (TPSA) is 104 Å². The van der Waals surface area contributed by atoms with E-state index in [-0.39, 0.29) is 10.6 Å². The zero-order valence-electron chi connectivity index (χ0n) is 11.8. The Balaban J connectivity index is 2.49. The molecule has 0 N–H and O–H groups in total. The van der Waals surface area contributed by atoms with Crippen LogP contribution in [-0.4, -0.2) is 34.5 Å². The standard InChI is InChI=1S/C14H12ClNO6/c1-14(2)13(19)11(10(17)6-22-14)12(18)8-4-3-7(15)5-9(8)16(20)21/h3-5,11H,6H2,1-2H3. The largest absolute Gasteiger partial charge is 0.360 e. The fraction of sp³-hybridized carbons (Fsp3) is 0.357. The van der Waals surface area contributed by atoms with Gasteiger partial charge in [0.2, 0.25) is 0 Å². The number of hydrogen-bond donors (Lipinski definition) is 0. The molecule has 22 heavy (non-hydrogen) atoms. The molecular formula is C14H12ClNO6. The summed E-state index contributed by atoms with van der Waals surface area (Å²) in [5, 5.41) is 11.1. The van der Waals surface area contributed by atoms with Gasteiger partial charge >= 0.3 is 0 Å². The van der Waals surface area contributed by atoms with Crippen LogP contribution in [-0.2, 0) is 14.3 Å². The molecule has 116 valence electrons. The third-order valence-corrected chi connectivity index (χ3v) is 3.67. The predicted molar refractivity (Wildman–Crippen MR) is 76.0 cm³/mol. The van der Waals surface area contributed by atoms with Crippen molar-refractivity contribution in [3.63, 3.8) is 0 Å². The summed E-state index contributed by atoms with van der Waals surface area (Å²) in [6.07, 6.45) is 0. The molecule has 1 aromatic carbocycles. The SMILES string of the molecule is CC1(C)OCC(=O)C(C(=O)c2ccc(Cl)cc2[N+](=O)[O-])C1=O. The molecule has 1 fully saturated rings. The number of nitro benzene ring substituents is 1. The Hall–Kier alpha value is -2.12. The van der Waals surface area contributed by atoms with Crippen molar-refractivity contribution in [2.24, 2.45) is 5.92 Å². The van der Waals surface area contributed by atoms with E-state index in [2.05, 4.69) is 0 Å². The van der Waals surface area contributed by atoms with Crippen LogP contribution in [0.3, 0.4) is 0 Å². The summed E-state index contributed by atoms with van der Waals surface area (Å²) in [4.78, 5) is 46.9. The molecule has 1 atom stereocenters. The van der Waals surface area contributed by atoms with Gasteiger partial charge in [-0.25, -0.2) is 0 Å². The molecular weight excluding hydrogens is 314 g/mol. The highest BCUT2D eigenvalue weighted by Gasteiger charge is 2.48. The first kappa shape index (κ1) is 16.3. The van der Waals surface area contributed by atoms with Gasteiger partial charge in [0.05, 0.1) is 10.5 Å². The van der Waals surface area contributed by atoms with Gasteiger partial charge in [-0.2, -0.15) is 0 Å². The van der Waals surface area contributed by atoms with Gasteiger partial charge in [0.15, 0.2) is 17.3 Å². The minimum atomic E-state index is -1.59.